The highest BCUT2D eigenvalue weighted by Gasteiger charge is 2.38. The van der Waals surface area contributed by atoms with E-state index in [-0.39, 0.29) is 24.3 Å². The predicted molar refractivity (Wildman–Crippen MR) is 115 cm³/mol. The smallest absolute Gasteiger partial charge is 0.245 e. The molecule has 3 rings (SSSR count). The Hall–Kier alpha value is -2.67. The number of rotatable bonds is 7. The minimum atomic E-state index is -0.601. The SMILES string of the molecule is COCCC(=O)N[C@H](C(=O)N1CC[C@@H](Oc2nccc3ccccc23)C1)C(C)(C)C. The van der Waals surface area contributed by atoms with Gasteiger partial charge >= 0.3 is 0 Å². The normalized spacial score (nSPS) is 17.7. The molecule has 1 aromatic heterocycles. The molecule has 7 nitrogen and oxygen atoms in total. The summed E-state index contributed by atoms with van der Waals surface area (Å²) in [6.07, 6.45) is 2.57. The Labute approximate surface area is 177 Å². The minimum Gasteiger partial charge on any atom is -0.472 e. The number of nitrogens with one attached hydrogen (secondary N) is 1. The van der Waals surface area contributed by atoms with Gasteiger partial charge in [-0.25, -0.2) is 4.98 Å². The van der Waals surface area contributed by atoms with Gasteiger partial charge in [-0.3, -0.25) is 9.59 Å². The standard InChI is InChI=1S/C23H31N3O4/c1-23(2,3)20(25-19(27)11-14-29-4)22(28)26-13-10-17(15-26)30-21-18-8-6-5-7-16(18)9-12-24-21/h5-9,12,17,20H,10-11,13-15H2,1-4H3,(H,25,27)/t17-,20-/m1/s1. The number of carbonyl (C=O) groups is 2. The summed E-state index contributed by atoms with van der Waals surface area (Å²) in [5.41, 5.74) is -0.407. The Kier molecular flexibility index (Phi) is 6.92. The highest BCUT2D eigenvalue weighted by molar-refractivity contribution is 5.89. The second-order valence-electron chi connectivity index (χ2n) is 8.76. The van der Waals surface area contributed by atoms with Crippen LogP contribution in [0.15, 0.2) is 36.5 Å². The molecule has 1 N–H and O–H groups in total. The summed E-state index contributed by atoms with van der Waals surface area (Å²) in [6, 6.07) is 9.30. The molecule has 162 valence electrons. The third-order valence-corrected chi connectivity index (χ3v) is 5.32. The van der Waals surface area contributed by atoms with Gasteiger partial charge in [0.2, 0.25) is 17.7 Å². The van der Waals surface area contributed by atoms with E-state index in [9.17, 15) is 9.59 Å². The molecule has 0 aliphatic carbocycles. The van der Waals surface area contributed by atoms with E-state index in [2.05, 4.69) is 10.3 Å². The van der Waals surface area contributed by atoms with Gasteiger partial charge in [0.15, 0.2) is 0 Å². The molecular weight excluding hydrogens is 382 g/mol. The molecule has 2 aromatic rings. The number of amides is 2. The predicted octanol–water partition coefficient (Wildman–Crippen LogP) is 2.78. The van der Waals surface area contributed by atoms with E-state index in [1.165, 1.54) is 0 Å². The summed E-state index contributed by atoms with van der Waals surface area (Å²) in [7, 11) is 1.55. The molecule has 0 saturated carbocycles. The molecule has 1 saturated heterocycles. The highest BCUT2D eigenvalue weighted by atomic mass is 16.5. The first-order chi connectivity index (χ1) is 14.3. The lowest BCUT2D eigenvalue weighted by molar-refractivity contribution is -0.139. The lowest BCUT2D eigenvalue weighted by Crippen LogP contribution is -2.54. The molecule has 0 spiro atoms. The summed E-state index contributed by atoms with van der Waals surface area (Å²) in [6.45, 7) is 7.26. The molecule has 2 heterocycles. The number of nitrogens with zero attached hydrogens (tertiary/aromatic N) is 2. The van der Waals surface area contributed by atoms with Gasteiger partial charge in [-0.15, -0.1) is 0 Å². The van der Waals surface area contributed by atoms with E-state index in [0.29, 0.717) is 25.6 Å². The molecule has 7 heteroatoms. The fourth-order valence-electron chi connectivity index (χ4n) is 3.63. The van der Waals surface area contributed by atoms with Crippen LogP contribution in [0.4, 0.5) is 0 Å². The molecule has 1 aliphatic rings. The van der Waals surface area contributed by atoms with E-state index in [4.69, 9.17) is 9.47 Å². The molecule has 0 radical (unpaired) electrons. The number of carbonyl (C=O) groups excluding carboxylic acids is 2. The van der Waals surface area contributed by atoms with Gasteiger partial charge < -0.3 is 19.7 Å². The van der Waals surface area contributed by atoms with Gasteiger partial charge in [-0.05, 0) is 22.9 Å². The first kappa shape index (κ1) is 22.0. The van der Waals surface area contributed by atoms with Crippen molar-refractivity contribution in [1.82, 2.24) is 15.2 Å². The molecule has 0 bridgehead atoms. The third-order valence-electron chi connectivity index (χ3n) is 5.32. The number of benzene rings is 1. The Morgan fingerprint density at radius 2 is 2.03 bits per heavy atom. The highest BCUT2D eigenvalue weighted by Crippen LogP contribution is 2.27. The van der Waals surface area contributed by atoms with Crippen molar-refractivity contribution in [3.8, 4) is 5.88 Å². The van der Waals surface area contributed by atoms with Crippen molar-refractivity contribution < 1.29 is 19.1 Å². The second-order valence-corrected chi connectivity index (χ2v) is 8.76. The molecule has 2 atom stereocenters. The van der Waals surface area contributed by atoms with Crippen LogP contribution >= 0.6 is 0 Å². The van der Waals surface area contributed by atoms with Crippen molar-refractivity contribution in [1.29, 1.82) is 0 Å². The zero-order chi connectivity index (χ0) is 21.7. The number of aromatic nitrogens is 1. The summed E-state index contributed by atoms with van der Waals surface area (Å²) >= 11 is 0. The monoisotopic (exact) mass is 413 g/mol. The number of pyridine rings is 1. The summed E-state index contributed by atoms with van der Waals surface area (Å²) in [5, 5.41) is 4.92. The maximum Gasteiger partial charge on any atom is 0.245 e. The van der Waals surface area contributed by atoms with Crippen LogP contribution in [0.2, 0.25) is 0 Å². The lowest BCUT2D eigenvalue weighted by Gasteiger charge is -2.33. The van der Waals surface area contributed by atoms with Crippen LogP contribution in [0.5, 0.6) is 5.88 Å². The van der Waals surface area contributed by atoms with Crippen molar-refractivity contribution in [2.75, 3.05) is 26.8 Å². The van der Waals surface area contributed by atoms with Crippen LogP contribution in [-0.2, 0) is 14.3 Å². The number of ether oxygens (including phenoxy) is 2. The van der Waals surface area contributed by atoms with Gasteiger partial charge in [-0.2, -0.15) is 0 Å². The molecule has 1 fully saturated rings. The van der Waals surface area contributed by atoms with Crippen LogP contribution in [0, 0.1) is 5.41 Å². The molecule has 1 aromatic carbocycles. The summed E-state index contributed by atoms with van der Waals surface area (Å²) in [5.74, 6) is 0.329. The summed E-state index contributed by atoms with van der Waals surface area (Å²) in [4.78, 5) is 31.6. The van der Waals surface area contributed by atoms with Crippen molar-refractivity contribution in [2.24, 2.45) is 5.41 Å². The molecule has 1 aliphatic heterocycles. The quantitative estimate of drug-likeness (QED) is 0.755. The Morgan fingerprint density at radius 1 is 1.27 bits per heavy atom. The maximum atomic E-state index is 13.2. The van der Waals surface area contributed by atoms with Gasteiger partial charge in [0, 0.05) is 38.1 Å². The number of likely N-dealkylation sites (tertiary alicyclic amines) is 1. The average molecular weight is 414 g/mol. The van der Waals surface area contributed by atoms with Crippen LogP contribution in [0.1, 0.15) is 33.6 Å². The van der Waals surface area contributed by atoms with Gasteiger partial charge in [0.05, 0.1) is 13.2 Å². The van der Waals surface area contributed by atoms with Crippen molar-refractivity contribution in [3.05, 3.63) is 36.5 Å². The van der Waals surface area contributed by atoms with Crippen molar-refractivity contribution >= 4 is 22.6 Å². The Morgan fingerprint density at radius 3 is 2.77 bits per heavy atom. The van der Waals surface area contributed by atoms with Gasteiger partial charge in [0.25, 0.3) is 0 Å². The zero-order valence-corrected chi connectivity index (χ0v) is 18.2. The number of hydrogen-bond acceptors (Lipinski definition) is 5. The molecule has 30 heavy (non-hydrogen) atoms. The summed E-state index contributed by atoms with van der Waals surface area (Å²) < 4.78 is 11.1. The lowest BCUT2D eigenvalue weighted by atomic mass is 9.85. The van der Waals surface area contributed by atoms with Gasteiger partial charge in [-0.1, -0.05) is 39.0 Å². The first-order valence-corrected chi connectivity index (χ1v) is 10.4. The minimum absolute atomic E-state index is 0.0785. The van der Waals surface area contributed by atoms with E-state index < -0.39 is 11.5 Å². The fourth-order valence-corrected chi connectivity index (χ4v) is 3.63. The van der Waals surface area contributed by atoms with Crippen LogP contribution < -0.4 is 10.1 Å². The molecular formula is C23H31N3O4. The van der Waals surface area contributed by atoms with E-state index in [1.807, 2.05) is 51.1 Å². The topological polar surface area (TPSA) is 80.8 Å². The van der Waals surface area contributed by atoms with Crippen molar-refractivity contribution in [3.63, 3.8) is 0 Å². The molecule has 2 amide bonds. The van der Waals surface area contributed by atoms with Gasteiger partial charge in [0.1, 0.15) is 12.1 Å². The van der Waals surface area contributed by atoms with Crippen molar-refractivity contribution in [2.45, 2.75) is 45.8 Å². The van der Waals surface area contributed by atoms with Crippen LogP contribution in [-0.4, -0.2) is 60.7 Å². The fraction of sp³-hybridized carbons (Fsp3) is 0.522. The zero-order valence-electron chi connectivity index (χ0n) is 18.2. The Bertz CT molecular complexity index is 888. The molecule has 0 unspecified atom stereocenters. The van der Waals surface area contributed by atoms with Crippen LogP contribution in [0.3, 0.4) is 0 Å². The van der Waals surface area contributed by atoms with Crippen LogP contribution in [0.25, 0.3) is 10.8 Å². The largest absolute Gasteiger partial charge is 0.472 e. The average Bonchev–Trinajstić information content (AvgIpc) is 3.18. The second kappa shape index (κ2) is 9.43. The first-order valence-electron chi connectivity index (χ1n) is 10.4. The van der Waals surface area contributed by atoms with E-state index in [1.54, 1.807) is 18.2 Å². The van der Waals surface area contributed by atoms with E-state index >= 15 is 0 Å². The number of fused-ring (bicyclic) bond motifs is 1. The van der Waals surface area contributed by atoms with E-state index in [0.717, 1.165) is 17.2 Å². The Balaban J connectivity index is 1.66. The maximum absolute atomic E-state index is 13.2. The third kappa shape index (κ3) is 5.27. The number of methoxy groups -OCH3 is 1. The number of hydrogen-bond donors (Lipinski definition) is 1.